The largest absolute Gasteiger partial charge is 0.356 e. The molecule has 678 valence electrons. The van der Waals surface area contributed by atoms with E-state index >= 15 is 0 Å². The molecule has 12 heterocycles. The molecular formula is C109H122Br2IN5O2Se5Si8. The van der Waals surface area contributed by atoms with E-state index in [9.17, 15) is 9.90 Å². The van der Waals surface area contributed by atoms with Crippen molar-refractivity contribution in [2.75, 3.05) is 24.9 Å². The van der Waals surface area contributed by atoms with Crippen molar-refractivity contribution in [2.45, 2.75) is 182 Å². The first-order valence-electron chi connectivity index (χ1n) is 45.9. The summed E-state index contributed by atoms with van der Waals surface area (Å²) in [7, 11) is -12.1. The number of nitrogens with one attached hydrogen (secondary N) is 1. The van der Waals surface area contributed by atoms with Crippen LogP contribution in [0.1, 0.15) is 78.6 Å². The van der Waals surface area contributed by atoms with Gasteiger partial charge in [-0.2, -0.15) is 0 Å². The van der Waals surface area contributed by atoms with E-state index in [2.05, 4.69) is 497 Å². The molecule has 7 nitrogen and oxygen atoms in total. The molecule has 15 aromatic rings. The number of carbonyl (C=O) groups is 1. The van der Waals surface area contributed by atoms with Gasteiger partial charge in [-0.15, -0.1) is 0 Å². The minimum Gasteiger partial charge on any atom is -0.356 e. The SMILES string of the molecule is CC(C)(O)c1cc([Si](C)(C)C)[se]c1N1c2ccccc2[Si](C)(C)c2ccccc21.CC1(C)c2cc(C=O)[se]c2N2c3ccccc3[Si](C)(C)c3cccc1c32.CC1(C)c2cc[se]c2N2c3ccccc3[Si](C)(C)c3cccc1c32.C[Si](C)(C)c1cc(Br)c(I)[se]1.C[Si](C)(C)c1cc(Br)c(N2c3ccccc3[Si](C)(C)c3ccccc32)[se]1.C[Si]1(C)c2ccccc2Nc2ccccc21. The molecule has 0 amide bonds. The summed E-state index contributed by atoms with van der Waals surface area (Å²) in [6.45, 7) is 59.8. The maximum absolute atomic E-state index is 11.6. The fourth-order valence-corrected chi connectivity index (χ4v) is 60.3. The van der Waals surface area contributed by atoms with Crippen LogP contribution in [0.3, 0.4) is 0 Å². The monoisotopic (exact) mass is 2440 g/mol. The van der Waals surface area contributed by atoms with Crippen LogP contribution in [0.5, 0.6) is 0 Å². The Labute approximate surface area is 853 Å². The normalized spacial score (nSPS) is 16.4. The molecule has 0 fully saturated rings. The van der Waals surface area contributed by atoms with Crippen LogP contribution in [0.15, 0.2) is 275 Å². The first-order chi connectivity index (χ1) is 62.0. The third-order valence-corrected chi connectivity index (χ3v) is 78.3. The van der Waals surface area contributed by atoms with E-state index in [0.29, 0.717) is 43.5 Å². The van der Waals surface area contributed by atoms with Gasteiger partial charge >= 0.3 is 767 Å². The molecule has 0 aliphatic carbocycles. The van der Waals surface area contributed by atoms with Crippen LogP contribution < -0.4 is 89.0 Å². The van der Waals surface area contributed by atoms with Crippen LogP contribution >= 0.6 is 54.5 Å². The standard InChI is InChI=1S/C24H31NOSeSi2.C22H21NOSeSi.C21H24BrNSeSi2.C21H21NSeSi.C14H15NSi.C7H10BrISeSi/c1-24(2,26)17-16-22(28(3,4)5)27-23(17)25-18-12-8-10-14-20(18)29(6,7)21-15-11-9-13-19(21)25;1-22(2)15-8-7-11-19-20(15)23(21-16(22)12-14(13-24)25-21)17-9-5-6-10-18(17)26(19,3)4;1-25(2,3)20-14-15(22)21(24-20)23-16-10-6-8-12-18(16)26(4,5)19-13-9-7-11-17(19)23;1-21(2)14-8-7-11-18-19(14)22(20-15(21)12-13-23-20)16-9-5-6-10-17(16)24(18,3)4;1-16(2)13-9-5-3-7-11(13)15-12-8-4-6-10-14(12)16;1-11(2,3)6-4-5(8)7(9)10-6/h8-16,26H,1-7H3;5-13H,1-4H3;6-14H,1-5H3;5-13H,1-4H3;3-10,15H,1-2H3;4H,1-3H3. The van der Waals surface area contributed by atoms with Gasteiger partial charge < -0.3 is 5.32 Å². The van der Waals surface area contributed by atoms with Gasteiger partial charge in [-0.05, 0) is 22.5 Å². The zero-order valence-corrected chi connectivity index (χ0v) is 103. The third-order valence-electron chi connectivity index (χ3n) is 28.1. The van der Waals surface area contributed by atoms with Gasteiger partial charge in [0.25, 0.3) is 0 Å². The van der Waals surface area contributed by atoms with E-state index in [1.807, 2.05) is 13.8 Å². The minimum atomic E-state index is -1.77. The molecule has 0 atom stereocenters. The molecule has 0 spiro atoms. The van der Waals surface area contributed by atoms with E-state index in [1.165, 1.54) is 135 Å². The minimum absolute atomic E-state index is 0.0648. The number of aldehydes is 1. The Balaban J connectivity index is 0.000000113. The zero-order valence-electron chi connectivity index (χ0n) is 80.8. The van der Waals surface area contributed by atoms with Gasteiger partial charge in [-0.3, -0.25) is 0 Å². The zero-order chi connectivity index (χ0) is 94.7. The molecule has 2 N–H and O–H groups in total. The number of hydrogen-bond acceptors (Lipinski definition) is 7. The van der Waals surface area contributed by atoms with E-state index in [-0.39, 0.29) is 39.8 Å². The summed E-state index contributed by atoms with van der Waals surface area (Å²) < 4.78 is 15.7. The van der Waals surface area contributed by atoms with Crippen molar-refractivity contribution in [3.05, 3.63) is 309 Å². The fraction of sp³-hybridized carbons (Fsp3) is 0.257. The predicted molar refractivity (Wildman–Crippen MR) is 618 cm³/mol. The molecule has 0 radical (unpaired) electrons. The van der Waals surface area contributed by atoms with Gasteiger partial charge in [0.05, 0.1) is 0 Å². The number of hydrogen-bond donors (Lipinski definition) is 2. The Bertz CT molecular complexity index is 6850. The maximum atomic E-state index is 11.6. The van der Waals surface area contributed by atoms with Gasteiger partial charge in [-0.1, -0.05) is 49.5 Å². The average Bonchev–Trinajstić information content (AvgIpc) is 1.27. The van der Waals surface area contributed by atoms with E-state index in [1.54, 1.807) is 37.5 Å². The molecule has 0 unspecified atom stereocenters. The van der Waals surface area contributed by atoms with Crippen LogP contribution in [-0.2, 0) is 16.4 Å². The summed E-state index contributed by atoms with van der Waals surface area (Å²) in [6, 6.07) is 96.9. The van der Waals surface area contributed by atoms with Crippen LogP contribution in [-0.4, -0.2) is 149 Å². The van der Waals surface area contributed by atoms with Crippen molar-refractivity contribution in [3.63, 3.8) is 0 Å². The first kappa shape index (κ1) is 97.9. The third kappa shape index (κ3) is 17.3. The summed E-state index contributed by atoms with van der Waals surface area (Å²) in [5.74, 6) is 0. The second kappa shape index (κ2) is 36.2. The van der Waals surface area contributed by atoms with E-state index in [0.717, 1.165) is 16.3 Å². The predicted octanol–water partition coefficient (Wildman–Crippen LogP) is 21.8. The quantitative estimate of drug-likeness (QED) is 0.0936. The van der Waals surface area contributed by atoms with Crippen LogP contribution in [0.4, 0.5) is 75.1 Å². The van der Waals surface area contributed by atoms with Crippen molar-refractivity contribution in [2.24, 2.45) is 0 Å². The number of carbonyl (C=O) groups excluding carboxylic acids is 1. The number of anilines is 14. The van der Waals surface area contributed by atoms with Crippen molar-refractivity contribution in [1.82, 2.24) is 0 Å². The topological polar surface area (TPSA) is 62.3 Å². The second-order valence-corrected chi connectivity index (χ2v) is 97.5. The Morgan fingerprint density at radius 3 is 1.05 bits per heavy atom. The molecule has 7 aliphatic heterocycles. The second-order valence-electron chi connectivity index (χ2n) is 43.2. The van der Waals surface area contributed by atoms with E-state index < -0.39 is 70.2 Å². The molecule has 5 aromatic heterocycles. The van der Waals surface area contributed by atoms with Gasteiger partial charge in [-0.25, -0.2) is 0 Å². The number of para-hydroxylation sites is 10. The smallest absolute Gasteiger partial charge is 0.117 e. The van der Waals surface area contributed by atoms with Crippen LogP contribution in [0, 0.1) is 2.44 Å². The summed E-state index contributed by atoms with van der Waals surface area (Å²) in [6.07, 6.45) is 1.05. The Morgan fingerprint density at radius 1 is 0.356 bits per heavy atom. The summed E-state index contributed by atoms with van der Waals surface area (Å²) in [4.78, 5) is 24.1. The molecule has 22 rings (SSSR count). The maximum Gasteiger partial charge on any atom is 0.117 e. The summed E-state index contributed by atoms with van der Waals surface area (Å²) in [5.41, 5.74) is 19.6. The number of nitrogens with zero attached hydrogens (tertiary/aromatic N) is 4. The Morgan fingerprint density at radius 2 is 0.674 bits per heavy atom. The van der Waals surface area contributed by atoms with Crippen molar-refractivity contribution in [1.29, 1.82) is 0 Å². The number of rotatable bonds is 7. The van der Waals surface area contributed by atoms with Gasteiger partial charge in [0.15, 0.2) is 0 Å². The molecular weight excluding hydrogens is 2320 g/mol. The Kier molecular flexibility index (Phi) is 26.8. The average molecular weight is 2440 g/mol. The number of halogens is 3. The van der Waals surface area contributed by atoms with Crippen LogP contribution in [0.2, 0.25) is 124 Å². The Hall–Kier alpha value is -5.75. The van der Waals surface area contributed by atoms with Crippen molar-refractivity contribution >= 4 is 337 Å². The molecule has 10 aromatic carbocycles. The molecule has 0 saturated carbocycles. The van der Waals surface area contributed by atoms with Crippen molar-refractivity contribution in [3.8, 4) is 0 Å². The molecule has 23 heteroatoms. The van der Waals surface area contributed by atoms with Gasteiger partial charge in [0.2, 0.25) is 0 Å². The number of benzene rings is 10. The summed E-state index contributed by atoms with van der Waals surface area (Å²) in [5, 5.41) is 29.9. The molecule has 7 aliphatic rings. The van der Waals surface area contributed by atoms with Gasteiger partial charge in [0.1, 0.15) is 8.07 Å². The first-order valence-corrected chi connectivity index (χ1v) is 82.7. The number of fused-ring (bicyclic) bond motifs is 14. The number of aliphatic hydroxyl groups is 1. The van der Waals surface area contributed by atoms with E-state index in [4.69, 9.17) is 0 Å². The van der Waals surface area contributed by atoms with Crippen molar-refractivity contribution < 1.29 is 9.90 Å². The molecule has 0 bridgehead atoms. The molecule has 0 saturated heterocycles. The molecule has 132 heavy (non-hydrogen) atoms. The van der Waals surface area contributed by atoms with Gasteiger partial charge in [0, 0.05) is 11.4 Å². The fourth-order valence-electron chi connectivity index (χ4n) is 20.5. The summed E-state index contributed by atoms with van der Waals surface area (Å²) >= 11 is 11.7. The van der Waals surface area contributed by atoms with Crippen LogP contribution in [0.25, 0.3) is 0 Å².